The number of hydrogen-bond donors (Lipinski definition) is 1. The summed E-state index contributed by atoms with van der Waals surface area (Å²) in [6, 6.07) is 8.96. The second kappa shape index (κ2) is 3.75. The minimum absolute atomic E-state index is 0.00621. The number of aliphatic hydroxyl groups excluding tert-OH is 1. The van der Waals surface area contributed by atoms with Gasteiger partial charge in [-0.25, -0.2) is 4.98 Å². The van der Waals surface area contributed by atoms with E-state index in [4.69, 9.17) is 5.11 Å². The standard InChI is InChI=1S/C13H8BrNO2/c14-7-1-3-9-11(5-7)13(17)10-4-2-8(6-16)15-12(9)10/h1-5,16H,6H2. The highest BCUT2D eigenvalue weighted by atomic mass is 79.9. The van der Waals surface area contributed by atoms with E-state index in [1.807, 2.05) is 12.1 Å². The molecule has 2 aromatic rings. The molecule has 1 aliphatic carbocycles. The number of fused-ring (bicyclic) bond motifs is 3. The summed E-state index contributed by atoms with van der Waals surface area (Å²) in [5.41, 5.74) is 3.35. The van der Waals surface area contributed by atoms with Gasteiger partial charge in [0.15, 0.2) is 5.78 Å². The number of hydrogen-bond acceptors (Lipinski definition) is 3. The quantitative estimate of drug-likeness (QED) is 0.749. The number of halogens is 1. The number of ketones is 1. The molecule has 4 heteroatoms. The highest BCUT2D eigenvalue weighted by molar-refractivity contribution is 9.10. The first kappa shape index (κ1) is 10.6. The number of aromatic nitrogens is 1. The third-order valence-corrected chi connectivity index (χ3v) is 3.33. The van der Waals surface area contributed by atoms with Crippen LogP contribution in [0.25, 0.3) is 11.3 Å². The Morgan fingerprint density at radius 1 is 1.12 bits per heavy atom. The highest BCUT2D eigenvalue weighted by Gasteiger charge is 2.28. The molecule has 1 aromatic carbocycles. The second-order valence-electron chi connectivity index (χ2n) is 3.88. The van der Waals surface area contributed by atoms with Gasteiger partial charge in [0.2, 0.25) is 0 Å². The lowest BCUT2D eigenvalue weighted by molar-refractivity contribution is 0.104. The summed E-state index contributed by atoms with van der Waals surface area (Å²) < 4.78 is 0.875. The first-order chi connectivity index (χ1) is 8.20. The van der Waals surface area contributed by atoms with Crippen LogP contribution < -0.4 is 0 Å². The highest BCUT2D eigenvalue weighted by Crippen LogP contribution is 2.36. The van der Waals surface area contributed by atoms with Gasteiger partial charge in [-0.1, -0.05) is 22.0 Å². The Hall–Kier alpha value is -1.52. The van der Waals surface area contributed by atoms with E-state index < -0.39 is 0 Å². The third-order valence-electron chi connectivity index (χ3n) is 2.84. The number of nitrogens with zero attached hydrogens (tertiary/aromatic N) is 1. The molecule has 0 spiro atoms. The molecule has 3 nitrogen and oxygen atoms in total. The number of carbonyl (C=O) groups excluding carboxylic acids is 1. The lowest BCUT2D eigenvalue weighted by atomic mass is 10.1. The topological polar surface area (TPSA) is 50.2 Å². The molecule has 1 aliphatic rings. The van der Waals surface area contributed by atoms with Crippen molar-refractivity contribution in [2.75, 3.05) is 0 Å². The fourth-order valence-electron chi connectivity index (χ4n) is 2.03. The van der Waals surface area contributed by atoms with Crippen molar-refractivity contribution in [1.29, 1.82) is 0 Å². The van der Waals surface area contributed by atoms with Gasteiger partial charge in [0.05, 0.1) is 18.0 Å². The first-order valence-corrected chi connectivity index (χ1v) is 5.95. The molecule has 0 unspecified atom stereocenters. The molecule has 0 atom stereocenters. The van der Waals surface area contributed by atoms with Crippen LogP contribution in [0.1, 0.15) is 21.6 Å². The van der Waals surface area contributed by atoms with Crippen molar-refractivity contribution in [3.8, 4) is 11.3 Å². The number of aliphatic hydroxyl groups is 1. The fourth-order valence-corrected chi connectivity index (χ4v) is 2.39. The average Bonchev–Trinajstić information content (AvgIpc) is 2.62. The van der Waals surface area contributed by atoms with E-state index in [1.54, 1.807) is 18.2 Å². The molecule has 84 valence electrons. The Morgan fingerprint density at radius 3 is 2.65 bits per heavy atom. The van der Waals surface area contributed by atoms with Gasteiger partial charge < -0.3 is 5.11 Å². The molecule has 1 N–H and O–H groups in total. The van der Waals surface area contributed by atoms with Gasteiger partial charge in [0, 0.05) is 21.2 Å². The SMILES string of the molecule is O=C1c2cc(Br)ccc2-c2nc(CO)ccc21. The third kappa shape index (κ3) is 1.52. The molecule has 0 saturated heterocycles. The largest absolute Gasteiger partial charge is 0.390 e. The maximum absolute atomic E-state index is 12.1. The molecule has 17 heavy (non-hydrogen) atoms. The van der Waals surface area contributed by atoms with Crippen molar-refractivity contribution < 1.29 is 9.90 Å². The molecule has 3 rings (SSSR count). The van der Waals surface area contributed by atoms with Gasteiger partial charge in [-0.2, -0.15) is 0 Å². The van der Waals surface area contributed by atoms with Gasteiger partial charge in [-0.05, 0) is 24.3 Å². The molecule has 0 fully saturated rings. The van der Waals surface area contributed by atoms with E-state index in [-0.39, 0.29) is 12.4 Å². The number of rotatable bonds is 1. The summed E-state index contributed by atoms with van der Waals surface area (Å²) in [7, 11) is 0. The summed E-state index contributed by atoms with van der Waals surface area (Å²) >= 11 is 3.35. The van der Waals surface area contributed by atoms with Gasteiger partial charge in [-0.3, -0.25) is 4.79 Å². The monoisotopic (exact) mass is 289 g/mol. The minimum Gasteiger partial charge on any atom is -0.390 e. The van der Waals surface area contributed by atoms with E-state index in [2.05, 4.69) is 20.9 Å². The van der Waals surface area contributed by atoms with Crippen molar-refractivity contribution in [3.63, 3.8) is 0 Å². The van der Waals surface area contributed by atoms with Gasteiger partial charge in [0.1, 0.15) is 0 Å². The summed E-state index contributed by atoms with van der Waals surface area (Å²) in [6.45, 7) is -0.118. The Morgan fingerprint density at radius 2 is 1.88 bits per heavy atom. The van der Waals surface area contributed by atoms with E-state index >= 15 is 0 Å². The van der Waals surface area contributed by atoms with Crippen molar-refractivity contribution >= 4 is 21.7 Å². The predicted octanol–water partition coefficient (Wildman–Crippen LogP) is 2.55. The van der Waals surface area contributed by atoms with Crippen LogP contribution in [0.5, 0.6) is 0 Å². The van der Waals surface area contributed by atoms with Crippen LogP contribution in [0.4, 0.5) is 0 Å². The van der Waals surface area contributed by atoms with Crippen molar-refractivity contribution in [2.24, 2.45) is 0 Å². The van der Waals surface area contributed by atoms with Crippen LogP contribution in [0.15, 0.2) is 34.8 Å². The zero-order chi connectivity index (χ0) is 12.0. The van der Waals surface area contributed by atoms with Crippen LogP contribution in [0.2, 0.25) is 0 Å². The Kier molecular flexibility index (Phi) is 2.34. The van der Waals surface area contributed by atoms with Gasteiger partial charge in [-0.15, -0.1) is 0 Å². The lowest BCUT2D eigenvalue weighted by Crippen LogP contribution is -1.97. The van der Waals surface area contributed by atoms with Crippen LogP contribution in [-0.2, 0) is 6.61 Å². The molecule has 0 saturated carbocycles. The van der Waals surface area contributed by atoms with E-state index in [0.29, 0.717) is 22.5 Å². The van der Waals surface area contributed by atoms with Gasteiger partial charge in [0.25, 0.3) is 0 Å². The number of pyridine rings is 1. The molecule has 0 aliphatic heterocycles. The number of benzene rings is 1. The predicted molar refractivity (Wildman–Crippen MR) is 66.7 cm³/mol. The van der Waals surface area contributed by atoms with Gasteiger partial charge >= 0.3 is 0 Å². The molecule has 1 heterocycles. The van der Waals surface area contributed by atoms with Crippen LogP contribution in [0.3, 0.4) is 0 Å². The maximum atomic E-state index is 12.1. The smallest absolute Gasteiger partial charge is 0.195 e. The number of carbonyl (C=O) groups is 1. The van der Waals surface area contributed by atoms with E-state index in [0.717, 1.165) is 10.0 Å². The summed E-state index contributed by atoms with van der Waals surface area (Å²) in [4.78, 5) is 16.4. The summed E-state index contributed by atoms with van der Waals surface area (Å²) in [5.74, 6) is -0.00621. The average molecular weight is 290 g/mol. The first-order valence-electron chi connectivity index (χ1n) is 5.16. The molecule has 0 radical (unpaired) electrons. The minimum atomic E-state index is -0.118. The van der Waals surface area contributed by atoms with Crippen LogP contribution in [0, 0.1) is 0 Å². The van der Waals surface area contributed by atoms with Crippen LogP contribution >= 0.6 is 15.9 Å². The second-order valence-corrected chi connectivity index (χ2v) is 4.79. The van der Waals surface area contributed by atoms with Crippen molar-refractivity contribution in [1.82, 2.24) is 4.98 Å². The lowest BCUT2D eigenvalue weighted by Gasteiger charge is -2.01. The van der Waals surface area contributed by atoms with E-state index in [1.165, 1.54) is 0 Å². The Labute approximate surface area is 106 Å². The molecule has 0 bridgehead atoms. The van der Waals surface area contributed by atoms with Crippen molar-refractivity contribution in [2.45, 2.75) is 6.61 Å². The zero-order valence-electron chi connectivity index (χ0n) is 8.77. The molecular weight excluding hydrogens is 282 g/mol. The fraction of sp³-hybridized carbons (Fsp3) is 0.0769. The molecular formula is C13H8BrNO2. The summed E-state index contributed by atoms with van der Waals surface area (Å²) in [5, 5.41) is 9.07. The van der Waals surface area contributed by atoms with Crippen LogP contribution in [-0.4, -0.2) is 15.9 Å². The molecule has 1 aromatic heterocycles. The Balaban J connectivity index is 2.29. The normalized spacial score (nSPS) is 12.5. The zero-order valence-corrected chi connectivity index (χ0v) is 10.4. The maximum Gasteiger partial charge on any atom is 0.195 e. The van der Waals surface area contributed by atoms with E-state index in [9.17, 15) is 4.79 Å². The Bertz CT molecular complexity index is 637. The van der Waals surface area contributed by atoms with Crippen molar-refractivity contribution in [3.05, 3.63) is 51.6 Å². The summed E-state index contributed by atoms with van der Waals surface area (Å²) in [6.07, 6.45) is 0. The molecule has 0 amide bonds.